The molecule has 1 heterocycles. The average Bonchev–Trinajstić information content (AvgIpc) is 3.22. The van der Waals surface area contributed by atoms with Crippen LogP contribution in [0, 0.1) is 11.3 Å². The summed E-state index contributed by atoms with van der Waals surface area (Å²) in [6.07, 6.45) is 3.48. The summed E-state index contributed by atoms with van der Waals surface area (Å²) in [5, 5.41) is 16.0. The number of rotatable bonds is 9. The smallest absolute Gasteiger partial charge is 0.255 e. The summed E-state index contributed by atoms with van der Waals surface area (Å²) in [5.41, 5.74) is 13.9. The van der Waals surface area contributed by atoms with Crippen LogP contribution in [0.25, 0.3) is 11.3 Å². The number of carbonyl (C=O) groups is 2. The van der Waals surface area contributed by atoms with Gasteiger partial charge in [0, 0.05) is 12.1 Å². The minimum atomic E-state index is -0.691. The molecule has 2 amide bonds. The van der Waals surface area contributed by atoms with E-state index in [0.29, 0.717) is 29.1 Å². The Bertz CT molecular complexity index is 1230. The molecule has 35 heavy (non-hydrogen) atoms. The second kappa shape index (κ2) is 13.0. The number of ether oxygens (including phenoxy) is 1. The third-order valence-electron chi connectivity index (χ3n) is 4.87. The number of aryl methyl sites for hydroxylation is 1. The molecule has 1 aromatic heterocycles. The van der Waals surface area contributed by atoms with Gasteiger partial charge in [0.15, 0.2) is 0 Å². The molecule has 3 rings (SSSR count). The first kappa shape index (κ1) is 26.4. The number of allylic oxidation sites excluding steroid dienone is 2. The van der Waals surface area contributed by atoms with Gasteiger partial charge in [-0.2, -0.15) is 10.4 Å². The van der Waals surface area contributed by atoms with Crippen molar-refractivity contribution in [2.75, 3.05) is 12.8 Å². The first-order valence-electron chi connectivity index (χ1n) is 10.6. The minimum absolute atomic E-state index is 0.121. The van der Waals surface area contributed by atoms with E-state index in [-0.39, 0.29) is 30.3 Å². The molecule has 0 radical (unpaired) electrons. The molecule has 0 unspecified atom stereocenters. The van der Waals surface area contributed by atoms with E-state index in [9.17, 15) is 9.59 Å². The quantitative estimate of drug-likeness (QED) is 0.406. The van der Waals surface area contributed by atoms with Gasteiger partial charge < -0.3 is 21.5 Å². The Labute approximate surface area is 204 Å². The van der Waals surface area contributed by atoms with Gasteiger partial charge in [-0.15, -0.1) is 0 Å². The molecule has 0 spiro atoms. The number of nitriles is 1. The van der Waals surface area contributed by atoms with Crippen LogP contribution in [0.1, 0.15) is 32.7 Å². The van der Waals surface area contributed by atoms with Crippen LogP contribution in [0.4, 0.5) is 5.82 Å². The van der Waals surface area contributed by atoms with Crippen molar-refractivity contribution < 1.29 is 14.3 Å². The van der Waals surface area contributed by atoms with Crippen molar-refractivity contribution >= 4 is 17.6 Å². The second-order valence-electron chi connectivity index (χ2n) is 7.16. The number of para-hydroxylation sites is 1. The van der Waals surface area contributed by atoms with Crippen LogP contribution in [0.2, 0.25) is 0 Å². The molecule has 3 aromatic rings. The van der Waals surface area contributed by atoms with E-state index in [0.717, 1.165) is 5.56 Å². The largest absolute Gasteiger partial charge is 0.496 e. The van der Waals surface area contributed by atoms with Crippen molar-refractivity contribution in [2.45, 2.75) is 19.5 Å². The summed E-state index contributed by atoms with van der Waals surface area (Å²) in [6, 6.07) is 16.2. The van der Waals surface area contributed by atoms with Gasteiger partial charge in [-0.3, -0.25) is 9.59 Å². The highest BCUT2D eigenvalue weighted by Crippen LogP contribution is 2.27. The standard InChI is InChI=1S/C22H22N6O3.C4H6/c1-31-17-6-3-2-5-16(17)22(30)26-13-14-7-9-15(10-8-14)19-18(21(25)29)20(24)28(27-19)12-4-11-23;1-3-4-2/h2-3,5-10H,4,12-13,24H2,1H3,(H2,25,29)(H,26,30);3-4H,1-2H2. The van der Waals surface area contributed by atoms with Gasteiger partial charge in [-0.1, -0.05) is 61.7 Å². The van der Waals surface area contributed by atoms with Crippen LogP contribution < -0.4 is 21.5 Å². The predicted molar refractivity (Wildman–Crippen MR) is 135 cm³/mol. The molecule has 9 heteroatoms. The second-order valence-corrected chi connectivity index (χ2v) is 7.16. The van der Waals surface area contributed by atoms with Gasteiger partial charge in [0.1, 0.15) is 22.8 Å². The lowest BCUT2D eigenvalue weighted by Crippen LogP contribution is -2.23. The van der Waals surface area contributed by atoms with Gasteiger partial charge in [0.05, 0.1) is 31.7 Å². The molecule has 0 fully saturated rings. The number of nitrogens with zero attached hydrogens (tertiary/aromatic N) is 3. The van der Waals surface area contributed by atoms with Crippen LogP contribution in [0.3, 0.4) is 0 Å². The number of hydrogen-bond donors (Lipinski definition) is 3. The minimum Gasteiger partial charge on any atom is -0.496 e. The van der Waals surface area contributed by atoms with E-state index in [1.807, 2.05) is 18.2 Å². The lowest BCUT2D eigenvalue weighted by molar-refractivity contribution is 0.0946. The number of benzene rings is 2. The Morgan fingerprint density at radius 2 is 1.83 bits per heavy atom. The average molecular weight is 473 g/mol. The highest BCUT2D eigenvalue weighted by atomic mass is 16.5. The lowest BCUT2D eigenvalue weighted by atomic mass is 10.0. The number of amides is 2. The lowest BCUT2D eigenvalue weighted by Gasteiger charge is -2.09. The van der Waals surface area contributed by atoms with Crippen molar-refractivity contribution in [1.29, 1.82) is 5.26 Å². The van der Waals surface area contributed by atoms with Crippen LogP contribution in [0.5, 0.6) is 5.75 Å². The maximum absolute atomic E-state index is 12.4. The molecule has 5 N–H and O–H groups in total. The number of nitrogen functional groups attached to an aromatic ring is 1. The monoisotopic (exact) mass is 472 g/mol. The number of primary amides is 1. The molecule has 0 saturated heterocycles. The Hall–Kier alpha value is -4.84. The number of hydrogen-bond acceptors (Lipinski definition) is 6. The van der Waals surface area contributed by atoms with Gasteiger partial charge in [-0.05, 0) is 17.7 Å². The summed E-state index contributed by atoms with van der Waals surface area (Å²) in [5.74, 6) is -0.310. The number of aromatic nitrogens is 2. The van der Waals surface area contributed by atoms with E-state index in [2.05, 4.69) is 23.6 Å². The normalized spacial score (nSPS) is 9.71. The Morgan fingerprint density at radius 1 is 1.17 bits per heavy atom. The summed E-state index contributed by atoms with van der Waals surface area (Å²) in [6.45, 7) is 7.29. The third kappa shape index (κ3) is 6.82. The molecule has 9 nitrogen and oxygen atoms in total. The van der Waals surface area contributed by atoms with Gasteiger partial charge in [0.2, 0.25) is 0 Å². The summed E-state index contributed by atoms with van der Waals surface area (Å²) in [7, 11) is 1.51. The fraction of sp³-hybridized carbons (Fsp3) is 0.154. The highest BCUT2D eigenvalue weighted by Gasteiger charge is 2.21. The molecule has 0 aliphatic carbocycles. The van der Waals surface area contributed by atoms with E-state index in [1.54, 1.807) is 48.6 Å². The first-order valence-corrected chi connectivity index (χ1v) is 10.6. The molecule has 0 aliphatic rings. The summed E-state index contributed by atoms with van der Waals surface area (Å²) < 4.78 is 6.62. The van der Waals surface area contributed by atoms with E-state index < -0.39 is 5.91 Å². The summed E-state index contributed by atoms with van der Waals surface area (Å²) >= 11 is 0. The van der Waals surface area contributed by atoms with Crippen LogP contribution in [-0.4, -0.2) is 28.7 Å². The first-order chi connectivity index (χ1) is 16.9. The molecule has 0 atom stereocenters. The van der Waals surface area contributed by atoms with Crippen molar-refractivity contribution in [2.24, 2.45) is 5.73 Å². The maximum Gasteiger partial charge on any atom is 0.255 e. The topological polar surface area (TPSA) is 149 Å². The van der Waals surface area contributed by atoms with Gasteiger partial charge in [0.25, 0.3) is 11.8 Å². The molecular formula is C26H28N6O3. The fourth-order valence-electron chi connectivity index (χ4n) is 3.14. The van der Waals surface area contributed by atoms with Crippen molar-refractivity contribution in [3.8, 4) is 23.1 Å². The Kier molecular flexibility index (Phi) is 9.82. The van der Waals surface area contributed by atoms with Crippen LogP contribution >= 0.6 is 0 Å². The highest BCUT2D eigenvalue weighted by molar-refractivity contribution is 6.03. The zero-order valence-corrected chi connectivity index (χ0v) is 19.5. The molecular weight excluding hydrogens is 444 g/mol. The molecule has 0 aliphatic heterocycles. The van der Waals surface area contributed by atoms with E-state index in [1.165, 1.54) is 11.8 Å². The SMILES string of the molecule is C=CC=C.COc1ccccc1C(=O)NCc1ccc(-c2nn(CCC#N)c(N)c2C(N)=O)cc1. The zero-order chi connectivity index (χ0) is 25.8. The Balaban J connectivity index is 0.00000100. The van der Waals surface area contributed by atoms with Crippen molar-refractivity contribution in [3.05, 3.63) is 90.5 Å². The number of nitrogens with two attached hydrogens (primary N) is 2. The van der Waals surface area contributed by atoms with E-state index >= 15 is 0 Å². The van der Waals surface area contributed by atoms with Gasteiger partial charge in [-0.25, -0.2) is 4.68 Å². The number of carbonyl (C=O) groups excluding carboxylic acids is 2. The molecule has 2 aromatic carbocycles. The Morgan fingerprint density at radius 3 is 2.40 bits per heavy atom. The third-order valence-corrected chi connectivity index (χ3v) is 4.87. The molecule has 0 bridgehead atoms. The van der Waals surface area contributed by atoms with Crippen molar-refractivity contribution in [1.82, 2.24) is 15.1 Å². The molecule has 180 valence electrons. The fourth-order valence-corrected chi connectivity index (χ4v) is 3.14. The number of anilines is 1. The predicted octanol–water partition coefficient (Wildman–Crippen LogP) is 3.44. The molecule has 0 saturated carbocycles. The number of methoxy groups -OCH3 is 1. The van der Waals surface area contributed by atoms with Crippen LogP contribution in [-0.2, 0) is 13.1 Å². The zero-order valence-electron chi connectivity index (χ0n) is 19.5. The van der Waals surface area contributed by atoms with Crippen LogP contribution in [0.15, 0.2) is 73.8 Å². The maximum atomic E-state index is 12.4. The van der Waals surface area contributed by atoms with Crippen molar-refractivity contribution in [3.63, 3.8) is 0 Å². The number of nitrogens with one attached hydrogen (secondary N) is 1. The van der Waals surface area contributed by atoms with E-state index in [4.69, 9.17) is 21.5 Å². The van der Waals surface area contributed by atoms with Gasteiger partial charge >= 0.3 is 0 Å². The summed E-state index contributed by atoms with van der Waals surface area (Å²) in [4.78, 5) is 24.3.